The first-order valence-corrected chi connectivity index (χ1v) is 8.19. The van der Waals surface area contributed by atoms with Crippen LogP contribution in [0.5, 0.6) is 0 Å². The molecular weight excluding hydrogens is 302 g/mol. The molecule has 1 fully saturated rings. The summed E-state index contributed by atoms with van der Waals surface area (Å²) in [5, 5.41) is 0.666. The summed E-state index contributed by atoms with van der Waals surface area (Å²) in [5.74, 6) is 1.63. The molecule has 3 heterocycles. The molecule has 1 aliphatic heterocycles. The Morgan fingerprint density at radius 2 is 1.96 bits per heavy atom. The third-order valence-corrected chi connectivity index (χ3v) is 4.64. The fraction of sp³-hybridized carbons (Fsp3) is 0.333. The van der Waals surface area contributed by atoms with Gasteiger partial charge in [-0.05, 0) is 37.6 Å². The van der Waals surface area contributed by atoms with Crippen molar-refractivity contribution in [1.82, 2.24) is 24.4 Å². The molecule has 1 saturated heterocycles. The van der Waals surface area contributed by atoms with Crippen LogP contribution in [0.2, 0.25) is 0 Å². The summed E-state index contributed by atoms with van der Waals surface area (Å²) in [6, 6.07) is 9.47. The summed E-state index contributed by atoms with van der Waals surface area (Å²) in [6.07, 6.45) is 5.60. The second kappa shape index (κ2) is 6.13. The van der Waals surface area contributed by atoms with Crippen molar-refractivity contribution < 1.29 is 0 Å². The van der Waals surface area contributed by atoms with E-state index in [0.29, 0.717) is 11.9 Å². The lowest BCUT2D eigenvalue weighted by molar-refractivity contribution is 0.229. The fourth-order valence-electron chi connectivity index (χ4n) is 3.43. The highest BCUT2D eigenvalue weighted by Gasteiger charge is 2.30. The summed E-state index contributed by atoms with van der Waals surface area (Å²) in [6.45, 7) is 1.64. The SMILES string of the molecule is Cn1c(C2CCCN2Cc2ncccn2)nc2ccccc2c1=O. The topological polar surface area (TPSA) is 63.9 Å². The molecule has 1 aliphatic rings. The third kappa shape index (κ3) is 2.59. The van der Waals surface area contributed by atoms with Crippen molar-refractivity contribution >= 4 is 10.9 Å². The Balaban J connectivity index is 1.73. The zero-order chi connectivity index (χ0) is 16.5. The molecule has 0 spiro atoms. The zero-order valence-electron chi connectivity index (χ0n) is 13.6. The van der Waals surface area contributed by atoms with Crippen molar-refractivity contribution in [1.29, 1.82) is 0 Å². The van der Waals surface area contributed by atoms with Crippen molar-refractivity contribution in [2.24, 2.45) is 7.05 Å². The van der Waals surface area contributed by atoms with E-state index < -0.39 is 0 Å². The first kappa shape index (κ1) is 15.0. The Bertz CT molecular complexity index is 922. The van der Waals surface area contributed by atoms with Gasteiger partial charge in [0, 0.05) is 19.4 Å². The molecule has 6 heteroatoms. The molecule has 1 atom stereocenters. The lowest BCUT2D eigenvalue weighted by Gasteiger charge is -2.24. The number of para-hydroxylation sites is 1. The molecule has 3 aromatic rings. The minimum Gasteiger partial charge on any atom is -0.298 e. The van der Waals surface area contributed by atoms with Crippen LogP contribution in [-0.2, 0) is 13.6 Å². The van der Waals surface area contributed by atoms with Crippen LogP contribution in [0.4, 0.5) is 0 Å². The molecule has 4 rings (SSSR count). The van der Waals surface area contributed by atoms with Gasteiger partial charge in [-0.2, -0.15) is 0 Å². The Morgan fingerprint density at radius 1 is 1.17 bits per heavy atom. The van der Waals surface area contributed by atoms with Gasteiger partial charge >= 0.3 is 0 Å². The van der Waals surface area contributed by atoms with Crippen molar-refractivity contribution in [3.63, 3.8) is 0 Å². The molecule has 122 valence electrons. The molecule has 2 aromatic heterocycles. The van der Waals surface area contributed by atoms with E-state index in [0.717, 1.165) is 36.6 Å². The highest BCUT2D eigenvalue weighted by Crippen LogP contribution is 2.31. The van der Waals surface area contributed by atoms with Gasteiger partial charge in [-0.25, -0.2) is 15.0 Å². The minimum absolute atomic E-state index is 0.0124. The molecule has 0 N–H and O–H groups in total. The maximum absolute atomic E-state index is 12.7. The molecule has 0 radical (unpaired) electrons. The van der Waals surface area contributed by atoms with Crippen molar-refractivity contribution in [3.8, 4) is 0 Å². The maximum atomic E-state index is 12.7. The normalized spacial score (nSPS) is 18.3. The van der Waals surface area contributed by atoms with Crippen molar-refractivity contribution in [2.45, 2.75) is 25.4 Å². The predicted molar refractivity (Wildman–Crippen MR) is 91.4 cm³/mol. The summed E-state index contributed by atoms with van der Waals surface area (Å²) >= 11 is 0. The number of rotatable bonds is 3. The monoisotopic (exact) mass is 321 g/mol. The summed E-state index contributed by atoms with van der Waals surface area (Å²) in [4.78, 5) is 28.4. The van der Waals surface area contributed by atoms with Gasteiger partial charge in [0.15, 0.2) is 0 Å². The Hall–Kier alpha value is -2.60. The highest BCUT2D eigenvalue weighted by atomic mass is 16.1. The van der Waals surface area contributed by atoms with Gasteiger partial charge < -0.3 is 0 Å². The van der Waals surface area contributed by atoms with Crippen LogP contribution in [-0.4, -0.2) is 31.0 Å². The molecule has 1 aromatic carbocycles. The summed E-state index contributed by atoms with van der Waals surface area (Å²) < 4.78 is 1.69. The van der Waals surface area contributed by atoms with Gasteiger partial charge in [-0.3, -0.25) is 14.3 Å². The number of hydrogen-bond donors (Lipinski definition) is 0. The Kier molecular flexibility index (Phi) is 3.82. The lowest BCUT2D eigenvalue weighted by Crippen LogP contribution is -2.31. The van der Waals surface area contributed by atoms with Crippen molar-refractivity contribution in [3.05, 3.63) is 64.7 Å². The van der Waals surface area contributed by atoms with Crippen LogP contribution >= 0.6 is 0 Å². The average Bonchev–Trinajstić information content (AvgIpc) is 3.07. The van der Waals surface area contributed by atoms with E-state index in [-0.39, 0.29) is 11.6 Å². The largest absolute Gasteiger partial charge is 0.298 e. The standard InChI is InChI=1S/C18H19N5O/c1-22-17(21-14-7-3-2-6-13(14)18(22)24)15-8-4-11-23(15)12-16-19-9-5-10-20-16/h2-3,5-7,9-10,15H,4,8,11-12H2,1H3. The number of aromatic nitrogens is 4. The summed E-state index contributed by atoms with van der Waals surface area (Å²) in [7, 11) is 1.81. The first-order valence-electron chi connectivity index (χ1n) is 8.19. The fourth-order valence-corrected chi connectivity index (χ4v) is 3.43. The van der Waals surface area contributed by atoms with Gasteiger partial charge in [0.1, 0.15) is 11.6 Å². The smallest absolute Gasteiger partial charge is 0.261 e. The minimum atomic E-state index is 0.0124. The van der Waals surface area contributed by atoms with E-state index in [1.165, 1.54) is 0 Å². The van der Waals surface area contributed by atoms with Gasteiger partial charge in [0.25, 0.3) is 5.56 Å². The quantitative estimate of drug-likeness (QED) is 0.739. The molecule has 1 unspecified atom stereocenters. The predicted octanol–water partition coefficient (Wildman–Crippen LogP) is 2.06. The van der Waals surface area contributed by atoms with Crippen LogP contribution in [0.15, 0.2) is 47.5 Å². The van der Waals surface area contributed by atoms with E-state index in [1.807, 2.05) is 37.4 Å². The average molecular weight is 321 g/mol. The van der Waals surface area contributed by atoms with Crippen molar-refractivity contribution in [2.75, 3.05) is 6.54 Å². The van der Waals surface area contributed by atoms with E-state index in [4.69, 9.17) is 4.98 Å². The van der Waals surface area contributed by atoms with Crippen LogP contribution < -0.4 is 5.56 Å². The summed E-state index contributed by atoms with van der Waals surface area (Å²) in [5.41, 5.74) is 0.775. The van der Waals surface area contributed by atoms with Crippen LogP contribution in [0, 0.1) is 0 Å². The second-order valence-corrected chi connectivity index (χ2v) is 6.14. The molecule has 0 bridgehead atoms. The van der Waals surface area contributed by atoms with Crippen LogP contribution in [0.25, 0.3) is 10.9 Å². The lowest BCUT2D eigenvalue weighted by atomic mass is 10.1. The molecular formula is C18H19N5O. The van der Waals surface area contributed by atoms with Gasteiger partial charge in [-0.1, -0.05) is 12.1 Å². The van der Waals surface area contributed by atoms with E-state index in [1.54, 1.807) is 17.0 Å². The maximum Gasteiger partial charge on any atom is 0.261 e. The zero-order valence-corrected chi connectivity index (χ0v) is 13.6. The molecule has 0 saturated carbocycles. The molecule has 0 aliphatic carbocycles. The Labute approximate surface area is 139 Å². The third-order valence-electron chi connectivity index (χ3n) is 4.64. The molecule has 0 amide bonds. The number of benzene rings is 1. The van der Waals surface area contributed by atoms with Crippen LogP contribution in [0.1, 0.15) is 30.5 Å². The van der Waals surface area contributed by atoms with E-state index >= 15 is 0 Å². The van der Waals surface area contributed by atoms with Crippen LogP contribution in [0.3, 0.4) is 0 Å². The highest BCUT2D eigenvalue weighted by molar-refractivity contribution is 5.77. The van der Waals surface area contributed by atoms with E-state index in [9.17, 15) is 4.79 Å². The number of likely N-dealkylation sites (tertiary alicyclic amines) is 1. The first-order chi connectivity index (χ1) is 11.7. The van der Waals surface area contributed by atoms with Gasteiger partial charge in [0.05, 0.1) is 23.5 Å². The van der Waals surface area contributed by atoms with E-state index in [2.05, 4.69) is 14.9 Å². The van der Waals surface area contributed by atoms with Gasteiger partial charge in [-0.15, -0.1) is 0 Å². The number of hydrogen-bond acceptors (Lipinski definition) is 5. The number of nitrogens with zero attached hydrogens (tertiary/aromatic N) is 5. The Morgan fingerprint density at radius 3 is 2.79 bits per heavy atom. The molecule has 6 nitrogen and oxygen atoms in total. The molecule has 24 heavy (non-hydrogen) atoms. The number of fused-ring (bicyclic) bond motifs is 1. The second-order valence-electron chi connectivity index (χ2n) is 6.14. The van der Waals surface area contributed by atoms with Gasteiger partial charge in [0.2, 0.25) is 0 Å².